The van der Waals surface area contributed by atoms with E-state index in [9.17, 15) is 4.79 Å². The number of nitrogens with one attached hydrogen (secondary N) is 1. The topological polar surface area (TPSA) is 126 Å². The van der Waals surface area contributed by atoms with Gasteiger partial charge in [0.1, 0.15) is 36.3 Å². The molecule has 13 nitrogen and oxygen atoms in total. The number of fused-ring (bicyclic) bond motifs is 6. The van der Waals surface area contributed by atoms with E-state index in [-0.39, 0.29) is 17.6 Å². The molecular weight excluding hydrogens is 579 g/mol. The molecule has 45 heavy (non-hydrogen) atoms. The van der Waals surface area contributed by atoms with Crippen LogP contribution in [0.25, 0.3) is 16.7 Å². The molecule has 1 saturated heterocycles. The molecular formula is C31H31FN10O3. The maximum absolute atomic E-state index is 15.7. The SMILES string of the molecule is Cc1c(Oc2ccn3ncnc3c2)ccc(Nc2ncnc3cc4c(nc23)N2CCN(C(=O)/C=C/CN(C)C)C(CO4)C2)c1F. The Morgan fingerprint density at radius 1 is 1.18 bits per heavy atom. The second kappa shape index (κ2) is 11.6. The van der Waals surface area contributed by atoms with E-state index in [2.05, 4.69) is 30.3 Å². The Bertz CT molecular complexity index is 1940. The molecule has 14 heteroatoms. The van der Waals surface area contributed by atoms with E-state index >= 15 is 4.39 Å². The minimum absolute atomic E-state index is 0.0309. The number of rotatable bonds is 7. The number of carbonyl (C=O) groups excluding carboxylic acids is 1. The molecule has 1 N–H and O–H groups in total. The summed E-state index contributed by atoms with van der Waals surface area (Å²) in [5.74, 6) is 1.95. The van der Waals surface area contributed by atoms with Crippen LogP contribution in [0.15, 0.2) is 61.3 Å². The van der Waals surface area contributed by atoms with Gasteiger partial charge in [0, 0.05) is 56.1 Å². The molecule has 7 rings (SSSR count). The molecule has 1 aromatic carbocycles. The Morgan fingerprint density at radius 3 is 2.93 bits per heavy atom. The minimum atomic E-state index is -0.482. The molecule has 1 atom stereocenters. The molecule has 4 aromatic heterocycles. The van der Waals surface area contributed by atoms with E-state index < -0.39 is 5.82 Å². The Balaban J connectivity index is 1.12. The van der Waals surface area contributed by atoms with Gasteiger partial charge in [0.15, 0.2) is 28.8 Å². The lowest BCUT2D eigenvalue weighted by molar-refractivity contribution is -0.129. The fourth-order valence-corrected chi connectivity index (χ4v) is 5.50. The quantitative estimate of drug-likeness (QED) is 0.272. The highest BCUT2D eigenvalue weighted by Crippen LogP contribution is 2.37. The molecule has 230 valence electrons. The van der Waals surface area contributed by atoms with Gasteiger partial charge in [-0.1, -0.05) is 6.08 Å². The van der Waals surface area contributed by atoms with E-state index in [1.165, 1.54) is 12.7 Å². The van der Waals surface area contributed by atoms with Crippen molar-refractivity contribution in [1.82, 2.24) is 39.3 Å². The number of benzene rings is 1. The number of carbonyl (C=O) groups is 1. The summed E-state index contributed by atoms with van der Waals surface area (Å²) in [5, 5.41) is 7.18. The Kier molecular flexibility index (Phi) is 7.33. The smallest absolute Gasteiger partial charge is 0.246 e. The lowest BCUT2D eigenvalue weighted by Crippen LogP contribution is -2.56. The van der Waals surface area contributed by atoms with Gasteiger partial charge in [-0.25, -0.2) is 28.8 Å². The van der Waals surface area contributed by atoms with Gasteiger partial charge >= 0.3 is 0 Å². The molecule has 0 saturated carbocycles. The summed E-state index contributed by atoms with van der Waals surface area (Å²) in [6.07, 6.45) is 8.07. The highest BCUT2D eigenvalue weighted by Gasteiger charge is 2.35. The van der Waals surface area contributed by atoms with Gasteiger partial charge in [0.2, 0.25) is 5.91 Å². The van der Waals surface area contributed by atoms with Crippen molar-refractivity contribution < 1.29 is 18.7 Å². The fraction of sp³-hybridized carbons (Fsp3) is 0.290. The van der Waals surface area contributed by atoms with E-state index in [0.717, 1.165) is 0 Å². The van der Waals surface area contributed by atoms with Crippen LogP contribution in [-0.2, 0) is 4.79 Å². The average molecular weight is 611 g/mol. The minimum Gasteiger partial charge on any atom is -0.487 e. The van der Waals surface area contributed by atoms with Gasteiger partial charge in [0.25, 0.3) is 0 Å². The van der Waals surface area contributed by atoms with Crippen molar-refractivity contribution in [3.63, 3.8) is 0 Å². The number of ether oxygens (including phenoxy) is 2. The number of piperazine rings is 1. The van der Waals surface area contributed by atoms with E-state index in [1.807, 2.05) is 36.0 Å². The van der Waals surface area contributed by atoms with Crippen molar-refractivity contribution in [2.45, 2.75) is 13.0 Å². The number of hydrogen-bond acceptors (Lipinski definition) is 11. The van der Waals surface area contributed by atoms with Crippen LogP contribution in [0.3, 0.4) is 0 Å². The molecule has 2 aliphatic heterocycles. The number of hydrogen-bond donors (Lipinski definition) is 1. The summed E-state index contributed by atoms with van der Waals surface area (Å²) in [5.41, 5.74) is 2.18. The van der Waals surface area contributed by atoms with Crippen molar-refractivity contribution in [3.05, 3.63) is 72.7 Å². The van der Waals surface area contributed by atoms with Crippen molar-refractivity contribution in [1.29, 1.82) is 0 Å². The monoisotopic (exact) mass is 610 g/mol. The summed E-state index contributed by atoms with van der Waals surface area (Å²) >= 11 is 0. The van der Waals surface area contributed by atoms with Crippen LogP contribution in [0.5, 0.6) is 17.2 Å². The van der Waals surface area contributed by atoms with Gasteiger partial charge in [0.05, 0.1) is 17.2 Å². The van der Waals surface area contributed by atoms with Crippen LogP contribution in [-0.4, -0.2) is 98.2 Å². The third kappa shape index (κ3) is 5.55. The zero-order valence-electron chi connectivity index (χ0n) is 25.0. The van der Waals surface area contributed by atoms with Gasteiger partial charge in [-0.2, -0.15) is 5.10 Å². The predicted molar refractivity (Wildman–Crippen MR) is 166 cm³/mol. The Morgan fingerprint density at radius 2 is 2.07 bits per heavy atom. The van der Waals surface area contributed by atoms with E-state index in [4.69, 9.17) is 14.5 Å². The third-order valence-electron chi connectivity index (χ3n) is 7.85. The van der Waals surface area contributed by atoms with Gasteiger partial charge in [-0.3, -0.25) is 4.79 Å². The molecule has 0 radical (unpaired) electrons. The van der Waals surface area contributed by atoms with Crippen molar-refractivity contribution in [3.8, 4) is 17.2 Å². The van der Waals surface area contributed by atoms with Gasteiger partial charge < -0.3 is 29.5 Å². The molecule has 1 amide bonds. The summed E-state index contributed by atoms with van der Waals surface area (Å²) < 4.78 is 29.4. The lowest BCUT2D eigenvalue weighted by Gasteiger charge is -2.39. The third-order valence-corrected chi connectivity index (χ3v) is 7.85. The number of likely N-dealkylation sites (N-methyl/N-ethyl adjacent to an activating group) is 1. The van der Waals surface area contributed by atoms with E-state index in [0.29, 0.717) is 83.9 Å². The van der Waals surface area contributed by atoms with Crippen LogP contribution in [0.2, 0.25) is 0 Å². The van der Waals surface area contributed by atoms with Gasteiger partial charge in [-0.05, 0) is 39.2 Å². The second-order valence-corrected chi connectivity index (χ2v) is 11.2. The molecule has 2 aliphatic rings. The highest BCUT2D eigenvalue weighted by molar-refractivity contribution is 5.91. The largest absolute Gasteiger partial charge is 0.487 e. The van der Waals surface area contributed by atoms with Crippen molar-refractivity contribution >= 4 is 39.9 Å². The molecule has 0 spiro atoms. The summed E-state index contributed by atoms with van der Waals surface area (Å²) in [6, 6.07) is 8.45. The average Bonchev–Trinajstić information content (AvgIpc) is 3.46. The standard InChI is InChI=1S/C31H31FN10O3/c1-19-24(45-21-8-10-42-26(13-21)34-18-36-42)7-6-22(28(19)32)37-30-29-23(33-17-35-30)14-25-31(38-29)40-11-12-41(20(15-40)16-44-25)27(43)5-4-9-39(2)3/h4-8,10,13-14,17-18,20H,9,11-12,15-16H2,1-3H3,(H,33,35,37)/b5-4+. The number of aromatic nitrogens is 6. The molecule has 6 heterocycles. The molecule has 1 fully saturated rings. The van der Waals surface area contributed by atoms with Crippen LogP contribution in [0, 0.1) is 12.7 Å². The number of halogens is 1. The molecule has 2 bridgehead atoms. The lowest BCUT2D eigenvalue weighted by atomic mass is 10.1. The second-order valence-electron chi connectivity index (χ2n) is 11.2. The highest BCUT2D eigenvalue weighted by atomic mass is 19.1. The van der Waals surface area contributed by atoms with Crippen molar-refractivity contribution in [2.24, 2.45) is 0 Å². The molecule has 5 aromatic rings. The van der Waals surface area contributed by atoms with Crippen LogP contribution in [0.4, 0.5) is 21.7 Å². The fourth-order valence-electron chi connectivity index (χ4n) is 5.50. The summed E-state index contributed by atoms with van der Waals surface area (Å²) in [7, 11) is 3.91. The van der Waals surface area contributed by atoms with Crippen LogP contribution < -0.4 is 19.7 Å². The number of pyridine rings is 2. The number of anilines is 3. The summed E-state index contributed by atoms with van der Waals surface area (Å²) in [6.45, 7) is 4.39. The van der Waals surface area contributed by atoms with Gasteiger partial charge in [-0.15, -0.1) is 0 Å². The molecule has 0 aliphatic carbocycles. The maximum Gasteiger partial charge on any atom is 0.246 e. The molecule has 1 unspecified atom stereocenters. The first-order chi connectivity index (χ1) is 21.8. The first kappa shape index (κ1) is 28.4. The van der Waals surface area contributed by atoms with Crippen LogP contribution in [0.1, 0.15) is 5.56 Å². The van der Waals surface area contributed by atoms with E-state index in [1.54, 1.807) is 48.0 Å². The normalized spacial score (nSPS) is 16.2. The first-order valence-corrected chi connectivity index (χ1v) is 14.5. The number of amides is 1. The van der Waals surface area contributed by atoms with Crippen LogP contribution >= 0.6 is 0 Å². The first-order valence-electron chi connectivity index (χ1n) is 14.5. The predicted octanol–water partition coefficient (Wildman–Crippen LogP) is 3.58. The zero-order valence-corrected chi connectivity index (χ0v) is 25.0. The Labute approximate surface area is 257 Å². The Hall–Kier alpha value is -5.37. The van der Waals surface area contributed by atoms with Crippen molar-refractivity contribution in [2.75, 3.05) is 57.1 Å². The zero-order chi connectivity index (χ0) is 31.1. The summed E-state index contributed by atoms with van der Waals surface area (Å²) in [4.78, 5) is 36.8. The maximum atomic E-state index is 15.7. The number of nitrogens with zero attached hydrogens (tertiary/aromatic N) is 9.